The van der Waals surface area contributed by atoms with Gasteiger partial charge in [0.2, 0.25) is 0 Å². The van der Waals surface area contributed by atoms with Crippen molar-refractivity contribution in [1.82, 2.24) is 15.2 Å². The lowest BCUT2D eigenvalue weighted by Gasteiger charge is -2.52. The highest BCUT2D eigenvalue weighted by atomic mass is 16.6. The molecule has 2 amide bonds. The second-order valence-electron chi connectivity index (χ2n) is 8.15. The zero-order valence-electron chi connectivity index (χ0n) is 15.7. The predicted octanol–water partition coefficient (Wildman–Crippen LogP) is 1.81. The monoisotopic (exact) mass is 349 g/mol. The quantitative estimate of drug-likeness (QED) is 0.871. The summed E-state index contributed by atoms with van der Waals surface area (Å²) in [6.45, 7) is 9.39. The number of alkyl carbamates (subject to hydrolysis) is 1. The summed E-state index contributed by atoms with van der Waals surface area (Å²) in [4.78, 5) is 35.9. The summed E-state index contributed by atoms with van der Waals surface area (Å²) >= 11 is 0. The van der Waals surface area contributed by atoms with Crippen LogP contribution in [0.25, 0.3) is 0 Å². The molecule has 7 nitrogen and oxygen atoms in total. The van der Waals surface area contributed by atoms with Gasteiger partial charge in [0, 0.05) is 42.4 Å². The van der Waals surface area contributed by atoms with Crippen LogP contribution in [0.1, 0.15) is 51.4 Å². The topological polar surface area (TPSA) is 89.4 Å². The van der Waals surface area contributed by atoms with Crippen LogP contribution in [0.5, 0.6) is 0 Å². The molecule has 2 N–H and O–H groups in total. The maximum absolute atomic E-state index is 12.3. The molecule has 138 valence electrons. The van der Waals surface area contributed by atoms with Gasteiger partial charge in [0.1, 0.15) is 5.60 Å². The fourth-order valence-corrected chi connectivity index (χ4v) is 2.80. The van der Waals surface area contributed by atoms with Gasteiger partial charge < -0.3 is 19.9 Å². The minimum Gasteiger partial charge on any atom is -0.444 e. The third-order valence-electron chi connectivity index (χ3n) is 4.63. The van der Waals surface area contributed by atoms with E-state index in [9.17, 15) is 14.4 Å². The van der Waals surface area contributed by atoms with Crippen LogP contribution in [-0.2, 0) is 11.8 Å². The molecule has 1 aliphatic carbocycles. The minimum atomic E-state index is -0.551. The molecule has 0 unspecified atom stereocenters. The number of hydrogen-bond acceptors (Lipinski definition) is 4. The zero-order chi connectivity index (χ0) is 19.0. The predicted molar refractivity (Wildman–Crippen MR) is 94.5 cm³/mol. The van der Waals surface area contributed by atoms with E-state index in [1.165, 1.54) is 10.6 Å². The number of amides is 2. The molecular weight excluding hydrogens is 322 g/mol. The molecule has 25 heavy (non-hydrogen) atoms. The molecule has 1 aliphatic rings. The first-order chi connectivity index (χ1) is 11.4. The van der Waals surface area contributed by atoms with Crippen molar-refractivity contribution in [3.8, 4) is 0 Å². The Morgan fingerprint density at radius 3 is 2.36 bits per heavy atom. The van der Waals surface area contributed by atoms with Crippen molar-refractivity contribution in [2.45, 2.75) is 58.7 Å². The lowest BCUT2D eigenvalue weighted by atomic mass is 9.63. The normalized spacial score (nSPS) is 21.8. The number of rotatable bonds is 3. The van der Waals surface area contributed by atoms with Gasteiger partial charge in [-0.1, -0.05) is 13.8 Å². The number of carbonyl (C=O) groups excluding carboxylic acids is 2. The average molecular weight is 349 g/mol. The first-order valence-corrected chi connectivity index (χ1v) is 8.37. The lowest BCUT2D eigenvalue weighted by Crippen LogP contribution is -2.66. The van der Waals surface area contributed by atoms with Crippen LogP contribution in [0.15, 0.2) is 23.1 Å². The van der Waals surface area contributed by atoms with Crippen molar-refractivity contribution in [3.63, 3.8) is 0 Å². The zero-order valence-corrected chi connectivity index (χ0v) is 15.7. The van der Waals surface area contributed by atoms with Crippen molar-refractivity contribution in [2.75, 3.05) is 0 Å². The van der Waals surface area contributed by atoms with Crippen LogP contribution >= 0.6 is 0 Å². The van der Waals surface area contributed by atoms with Crippen LogP contribution in [-0.4, -0.2) is 34.3 Å². The second-order valence-corrected chi connectivity index (χ2v) is 8.15. The van der Waals surface area contributed by atoms with Crippen LogP contribution in [0.4, 0.5) is 4.79 Å². The van der Waals surface area contributed by atoms with E-state index in [0.29, 0.717) is 12.0 Å². The molecule has 1 fully saturated rings. The molecule has 1 aromatic rings. The highest BCUT2D eigenvalue weighted by Crippen LogP contribution is 2.40. The van der Waals surface area contributed by atoms with Gasteiger partial charge in [0.15, 0.2) is 0 Å². The molecule has 0 aliphatic heterocycles. The van der Waals surface area contributed by atoms with Gasteiger partial charge in [-0.2, -0.15) is 0 Å². The number of hydrogen-bond donors (Lipinski definition) is 2. The van der Waals surface area contributed by atoms with E-state index >= 15 is 0 Å². The Bertz CT molecular complexity index is 731. The molecule has 7 heteroatoms. The smallest absolute Gasteiger partial charge is 0.407 e. The number of nitrogens with zero attached hydrogens (tertiary/aromatic N) is 1. The van der Waals surface area contributed by atoms with Gasteiger partial charge in [0.25, 0.3) is 11.5 Å². The summed E-state index contributed by atoms with van der Waals surface area (Å²) < 4.78 is 6.68. The fraction of sp³-hybridized carbons (Fsp3) is 0.611. The van der Waals surface area contributed by atoms with Crippen LogP contribution in [0, 0.1) is 5.41 Å². The Hall–Kier alpha value is -2.31. The van der Waals surface area contributed by atoms with Crippen molar-refractivity contribution < 1.29 is 14.3 Å². The summed E-state index contributed by atoms with van der Waals surface area (Å²) in [5, 5.41) is 5.80. The van der Waals surface area contributed by atoms with Gasteiger partial charge in [-0.05, 0) is 33.3 Å². The third-order valence-corrected chi connectivity index (χ3v) is 4.63. The molecule has 2 atom stereocenters. The molecule has 0 aromatic carbocycles. The molecule has 1 heterocycles. The van der Waals surface area contributed by atoms with Crippen LogP contribution in [0.3, 0.4) is 0 Å². The van der Waals surface area contributed by atoms with E-state index in [1.54, 1.807) is 19.3 Å². The summed E-state index contributed by atoms with van der Waals surface area (Å²) in [6.07, 6.45) is 1.72. The van der Waals surface area contributed by atoms with E-state index in [4.69, 9.17) is 4.74 Å². The van der Waals surface area contributed by atoms with E-state index in [0.717, 1.165) is 0 Å². The summed E-state index contributed by atoms with van der Waals surface area (Å²) in [7, 11) is 1.63. The standard InChI is InChI=1S/C18H27N3O4/c1-17(2,3)25-16(24)20-13-10-12(18(13,4)5)19-15(23)11-7-8-21(6)14(22)9-11/h7-9,12-13H,10H2,1-6H3,(H,19,23)(H,20,24)/t12-,13+/m0/s1. The Kier molecular flexibility index (Phi) is 4.97. The molecule has 0 radical (unpaired) electrons. The van der Waals surface area contributed by atoms with E-state index in [2.05, 4.69) is 10.6 Å². The van der Waals surface area contributed by atoms with E-state index in [-0.39, 0.29) is 29.0 Å². The fourth-order valence-electron chi connectivity index (χ4n) is 2.80. The summed E-state index contributed by atoms with van der Waals surface area (Å²) in [6, 6.07) is 2.75. The lowest BCUT2D eigenvalue weighted by molar-refractivity contribution is 0.0170. The van der Waals surface area contributed by atoms with Gasteiger partial charge in [-0.3, -0.25) is 9.59 Å². The molecule has 2 rings (SSSR count). The number of nitrogens with one attached hydrogen (secondary N) is 2. The second kappa shape index (κ2) is 6.54. The van der Waals surface area contributed by atoms with Gasteiger partial charge >= 0.3 is 6.09 Å². The minimum absolute atomic E-state index is 0.0868. The molecule has 0 bridgehead atoms. The summed E-state index contributed by atoms with van der Waals surface area (Å²) in [5.74, 6) is -0.286. The van der Waals surface area contributed by atoms with Crippen LogP contribution < -0.4 is 16.2 Å². The van der Waals surface area contributed by atoms with Crippen molar-refractivity contribution in [2.24, 2.45) is 12.5 Å². The highest BCUT2D eigenvalue weighted by Gasteiger charge is 2.50. The molecule has 0 spiro atoms. The largest absolute Gasteiger partial charge is 0.444 e. The van der Waals surface area contributed by atoms with E-state index in [1.807, 2.05) is 34.6 Å². The maximum atomic E-state index is 12.3. The van der Waals surface area contributed by atoms with Crippen molar-refractivity contribution in [1.29, 1.82) is 0 Å². The summed E-state index contributed by atoms with van der Waals surface area (Å²) in [5.41, 5.74) is -0.760. The van der Waals surface area contributed by atoms with Crippen LogP contribution in [0.2, 0.25) is 0 Å². The first kappa shape index (κ1) is 19.0. The van der Waals surface area contributed by atoms with Crippen molar-refractivity contribution >= 4 is 12.0 Å². The third kappa shape index (κ3) is 4.41. The number of ether oxygens (including phenoxy) is 1. The molecule has 0 saturated heterocycles. The molecule has 1 saturated carbocycles. The van der Waals surface area contributed by atoms with Gasteiger partial charge in [-0.25, -0.2) is 4.79 Å². The van der Waals surface area contributed by atoms with E-state index < -0.39 is 11.7 Å². The van der Waals surface area contributed by atoms with Gasteiger partial charge in [-0.15, -0.1) is 0 Å². The Morgan fingerprint density at radius 2 is 1.84 bits per heavy atom. The Labute approximate surface area is 147 Å². The maximum Gasteiger partial charge on any atom is 0.407 e. The number of pyridine rings is 1. The Morgan fingerprint density at radius 1 is 1.24 bits per heavy atom. The first-order valence-electron chi connectivity index (χ1n) is 8.37. The number of aromatic nitrogens is 1. The van der Waals surface area contributed by atoms with Crippen molar-refractivity contribution in [3.05, 3.63) is 34.2 Å². The highest BCUT2D eigenvalue weighted by molar-refractivity contribution is 5.94. The number of aryl methyl sites for hydroxylation is 1. The Balaban J connectivity index is 1.95. The van der Waals surface area contributed by atoms with Gasteiger partial charge in [0.05, 0.1) is 0 Å². The molecular formula is C18H27N3O4. The molecule has 1 aromatic heterocycles. The SMILES string of the molecule is Cn1ccc(C(=O)N[C@H]2C[C@@H](NC(=O)OC(C)(C)C)C2(C)C)cc1=O. The average Bonchev–Trinajstić information content (AvgIpc) is 2.47. The number of carbonyl (C=O) groups is 2.